The lowest BCUT2D eigenvalue weighted by Gasteiger charge is -2.31. The summed E-state index contributed by atoms with van der Waals surface area (Å²) in [7, 11) is 0. The van der Waals surface area contributed by atoms with Gasteiger partial charge in [0.15, 0.2) is 11.6 Å². The molecule has 0 saturated heterocycles. The van der Waals surface area contributed by atoms with Gasteiger partial charge >= 0.3 is 0 Å². The van der Waals surface area contributed by atoms with Crippen molar-refractivity contribution in [1.82, 2.24) is 10.9 Å². The molecule has 1 aliphatic rings. The minimum atomic E-state index is -1.44. The third kappa shape index (κ3) is 7.16. The number of hydrogen-bond donors (Lipinski definition) is 3. The Morgan fingerprint density at radius 2 is 1.60 bits per heavy atom. The molecule has 3 N–H and O–H groups in total. The van der Waals surface area contributed by atoms with Crippen LogP contribution in [0.5, 0.6) is 5.75 Å². The predicted octanol–water partition coefficient (Wildman–Crippen LogP) is 6.73. The fraction of sp³-hybridized carbons (Fsp3) is 0.211. The number of benzene rings is 5. The van der Waals surface area contributed by atoms with Crippen molar-refractivity contribution >= 4 is 22.6 Å². The van der Waals surface area contributed by atoms with Crippen LogP contribution in [0.25, 0.3) is 21.2 Å². The van der Waals surface area contributed by atoms with E-state index in [1.54, 1.807) is 0 Å². The normalized spacial score (nSPS) is 16.9. The summed E-state index contributed by atoms with van der Waals surface area (Å²) < 4.78 is 12.3. The van der Waals surface area contributed by atoms with E-state index in [9.17, 15) is 4.79 Å². The highest BCUT2D eigenvalue weighted by Gasteiger charge is 2.53. The number of nitrogens with one attached hydrogen (secondary N) is 2. The fourth-order valence-electron chi connectivity index (χ4n) is 5.97. The molecule has 0 unspecified atom stereocenters. The van der Waals surface area contributed by atoms with Crippen molar-refractivity contribution in [3.05, 3.63) is 160 Å². The van der Waals surface area contributed by atoms with Crippen LogP contribution < -0.4 is 15.6 Å². The molecule has 0 saturated carbocycles. The minimum Gasteiger partial charge on any atom is -0.494 e. The number of rotatable bonds is 14. The molecule has 242 valence electrons. The molecule has 1 heterocycles. The number of hydrazine groups is 1. The Labute approximate surface area is 278 Å². The van der Waals surface area contributed by atoms with Gasteiger partial charge in [-0.3, -0.25) is 10.2 Å². The van der Waals surface area contributed by atoms with Crippen molar-refractivity contribution in [2.75, 3.05) is 13.2 Å². The number of carbonyl (C=O) groups is 1. The van der Waals surface area contributed by atoms with Gasteiger partial charge in [0.25, 0.3) is 5.91 Å². The van der Waals surface area contributed by atoms with Crippen LogP contribution in [-0.4, -0.2) is 35.7 Å². The summed E-state index contributed by atoms with van der Waals surface area (Å²) in [6.07, 6.45) is -0.0675. The summed E-state index contributed by atoms with van der Waals surface area (Å²) in [5.74, 6) is 0.607. The first-order valence-corrected chi connectivity index (χ1v) is 15.8. The zero-order valence-corrected chi connectivity index (χ0v) is 26.3. The maximum absolute atomic E-state index is 14.6. The van der Waals surface area contributed by atoms with Gasteiger partial charge < -0.3 is 14.6 Å². The van der Waals surface area contributed by atoms with Crippen LogP contribution in [0.2, 0.25) is 0 Å². The van der Waals surface area contributed by atoms with E-state index in [4.69, 9.17) is 25.1 Å². The molecule has 0 aromatic heterocycles. The maximum Gasteiger partial charge on any atom is 0.266 e. The van der Waals surface area contributed by atoms with Gasteiger partial charge in [-0.05, 0) is 62.8 Å². The highest BCUT2D eigenvalue weighted by atomic mass is 16.5. The highest BCUT2D eigenvalue weighted by Crippen LogP contribution is 2.43. The van der Waals surface area contributed by atoms with Gasteiger partial charge in [0, 0.05) is 36.5 Å². The van der Waals surface area contributed by atoms with E-state index in [1.165, 1.54) is 0 Å². The predicted molar refractivity (Wildman–Crippen MR) is 185 cm³/mol. The smallest absolute Gasteiger partial charge is 0.266 e. The first kappa shape index (κ1) is 32.3. The topological polar surface area (TPSA) is 141 Å². The first-order valence-electron chi connectivity index (χ1n) is 15.8. The van der Waals surface area contributed by atoms with E-state index in [0.717, 1.165) is 33.0 Å². The second-order valence-electron chi connectivity index (χ2n) is 11.5. The summed E-state index contributed by atoms with van der Waals surface area (Å²) in [5, 5.41) is 15.1. The van der Waals surface area contributed by atoms with E-state index in [1.807, 2.05) is 103 Å². The number of carbonyl (C=O) groups excluding carboxylic acids is 1. The number of aliphatic hydroxyl groups is 1. The quantitative estimate of drug-likeness (QED) is 0.0406. The molecule has 0 aliphatic carbocycles. The van der Waals surface area contributed by atoms with Gasteiger partial charge in [0.2, 0.25) is 5.90 Å². The Morgan fingerprint density at radius 3 is 2.40 bits per heavy atom. The number of nitrogens with zero attached hydrogens (tertiary/aromatic N) is 4. The number of hydrogen-bond acceptors (Lipinski definition) is 7. The molecule has 5 aromatic rings. The molecule has 5 aromatic carbocycles. The standard InChI is InChI=1S/C38H36N6O4/c39-44-41-25-31-14-5-4-13-30(31)24-38(37(46)43-40-26-32-16-8-15-27-10-6-7-17-34(27)32)35(28-11-2-1-3-12-28)48-36(42-38)29-18-20-33(21-19-29)47-23-9-22-45/h1-8,10-21,35,40,45H,9,22-26H2,(H,43,46)/t35-,38-/m0/s1. The molecule has 10 nitrogen and oxygen atoms in total. The van der Waals surface area contributed by atoms with Gasteiger partial charge in [-0.2, -0.15) is 0 Å². The molecular formula is C38H36N6O4. The minimum absolute atomic E-state index is 0.0521. The highest BCUT2D eigenvalue weighted by molar-refractivity contribution is 6.01. The Kier molecular flexibility index (Phi) is 10.3. The Hall–Kier alpha value is -5.67. The van der Waals surface area contributed by atoms with Crippen LogP contribution in [0, 0.1) is 0 Å². The SMILES string of the molecule is [N-]=[N+]=NCc1ccccc1C[C@]1(C(=O)NNCc2cccc3ccccc23)N=C(c2ccc(OCCCO)cc2)O[C@H]1c1ccccc1. The summed E-state index contributed by atoms with van der Waals surface area (Å²) in [6, 6.07) is 38.7. The number of aliphatic imine (C=N–C) groups is 1. The molecule has 0 fully saturated rings. The molecule has 0 bridgehead atoms. The van der Waals surface area contributed by atoms with E-state index >= 15 is 0 Å². The Balaban J connectivity index is 1.38. The molecule has 2 atom stereocenters. The van der Waals surface area contributed by atoms with Gasteiger partial charge in [-0.1, -0.05) is 102 Å². The van der Waals surface area contributed by atoms with Crippen molar-refractivity contribution in [2.24, 2.45) is 10.1 Å². The van der Waals surface area contributed by atoms with Crippen molar-refractivity contribution in [1.29, 1.82) is 0 Å². The molecule has 0 spiro atoms. The summed E-state index contributed by atoms with van der Waals surface area (Å²) in [4.78, 5) is 22.7. The average molecular weight is 641 g/mol. The lowest BCUT2D eigenvalue weighted by Crippen LogP contribution is -2.53. The monoisotopic (exact) mass is 640 g/mol. The number of aliphatic hydroxyl groups excluding tert-OH is 1. The van der Waals surface area contributed by atoms with Crippen molar-refractivity contribution in [2.45, 2.75) is 37.6 Å². The fourth-order valence-corrected chi connectivity index (χ4v) is 5.97. The first-order chi connectivity index (χ1) is 23.6. The average Bonchev–Trinajstić information content (AvgIpc) is 3.52. The maximum atomic E-state index is 14.6. The van der Waals surface area contributed by atoms with Crippen LogP contribution in [-0.2, 0) is 29.0 Å². The largest absolute Gasteiger partial charge is 0.494 e. The van der Waals surface area contributed by atoms with E-state index < -0.39 is 11.6 Å². The third-order valence-electron chi connectivity index (χ3n) is 8.38. The molecule has 10 heteroatoms. The zero-order chi connectivity index (χ0) is 33.2. The van der Waals surface area contributed by atoms with Gasteiger partial charge in [-0.15, -0.1) is 0 Å². The van der Waals surface area contributed by atoms with E-state index in [0.29, 0.717) is 36.8 Å². The lowest BCUT2D eigenvalue weighted by molar-refractivity contribution is -0.130. The second kappa shape index (κ2) is 15.3. The molecular weight excluding hydrogens is 604 g/mol. The third-order valence-corrected chi connectivity index (χ3v) is 8.38. The van der Waals surface area contributed by atoms with Crippen LogP contribution in [0.4, 0.5) is 0 Å². The molecule has 1 amide bonds. The summed E-state index contributed by atoms with van der Waals surface area (Å²) >= 11 is 0. The van der Waals surface area contributed by atoms with Crippen molar-refractivity contribution in [3.63, 3.8) is 0 Å². The van der Waals surface area contributed by atoms with Crippen molar-refractivity contribution in [3.8, 4) is 5.75 Å². The van der Waals surface area contributed by atoms with Gasteiger partial charge in [0.05, 0.1) is 13.2 Å². The van der Waals surface area contributed by atoms with Gasteiger partial charge in [0.1, 0.15) is 5.75 Å². The molecule has 48 heavy (non-hydrogen) atoms. The lowest BCUT2D eigenvalue weighted by atomic mass is 9.81. The van der Waals surface area contributed by atoms with Crippen molar-refractivity contribution < 1.29 is 19.4 Å². The number of azide groups is 1. The van der Waals surface area contributed by atoms with Crippen LogP contribution >= 0.6 is 0 Å². The zero-order valence-electron chi connectivity index (χ0n) is 26.3. The van der Waals surface area contributed by atoms with E-state index in [-0.39, 0.29) is 25.5 Å². The Bertz CT molecular complexity index is 1940. The number of ether oxygens (including phenoxy) is 2. The van der Waals surface area contributed by atoms with Crippen LogP contribution in [0.3, 0.4) is 0 Å². The number of amides is 1. The summed E-state index contributed by atoms with van der Waals surface area (Å²) in [5.41, 5.74) is 17.9. The van der Waals surface area contributed by atoms with Crippen LogP contribution in [0.15, 0.2) is 131 Å². The van der Waals surface area contributed by atoms with Crippen LogP contribution in [0.1, 0.15) is 40.3 Å². The molecule has 0 radical (unpaired) electrons. The molecule has 6 rings (SSSR count). The second-order valence-corrected chi connectivity index (χ2v) is 11.5. The summed E-state index contributed by atoms with van der Waals surface area (Å²) in [6.45, 7) is 0.973. The number of fused-ring (bicyclic) bond motifs is 1. The van der Waals surface area contributed by atoms with E-state index in [2.05, 4.69) is 39.1 Å². The van der Waals surface area contributed by atoms with Gasteiger partial charge in [-0.25, -0.2) is 10.4 Å². The molecule has 1 aliphatic heterocycles. The Morgan fingerprint density at radius 1 is 0.896 bits per heavy atom.